The van der Waals surface area contributed by atoms with Crippen LogP contribution in [0.15, 0.2) is 53.4 Å². The first kappa shape index (κ1) is 20.2. The van der Waals surface area contributed by atoms with Crippen molar-refractivity contribution >= 4 is 27.3 Å². The molecule has 28 heavy (non-hydrogen) atoms. The molecule has 0 spiro atoms. The highest BCUT2D eigenvalue weighted by molar-refractivity contribution is 7.92. The molecule has 1 unspecified atom stereocenters. The van der Waals surface area contributed by atoms with Crippen molar-refractivity contribution in [2.75, 3.05) is 16.6 Å². The number of carbonyl (C=O) groups is 1. The van der Waals surface area contributed by atoms with Gasteiger partial charge in [-0.3, -0.25) is 9.52 Å². The number of hydrogen-bond donors (Lipinski definition) is 2. The number of rotatable bonds is 5. The van der Waals surface area contributed by atoms with E-state index in [1.807, 2.05) is 0 Å². The van der Waals surface area contributed by atoms with E-state index in [0.717, 1.165) is 18.6 Å². The second-order valence-corrected chi connectivity index (χ2v) is 7.88. The number of halogens is 3. The zero-order valence-electron chi connectivity index (χ0n) is 14.5. The van der Waals surface area contributed by atoms with Gasteiger partial charge in [-0.05, 0) is 55.3 Å². The van der Waals surface area contributed by atoms with Crippen LogP contribution in [0.25, 0.3) is 0 Å². The number of amides is 1. The van der Waals surface area contributed by atoms with Crippen LogP contribution in [-0.2, 0) is 25.7 Å². The van der Waals surface area contributed by atoms with Gasteiger partial charge in [-0.15, -0.1) is 0 Å². The predicted molar refractivity (Wildman–Crippen MR) is 96.3 cm³/mol. The number of benzene rings is 2. The Morgan fingerprint density at radius 2 is 1.79 bits per heavy atom. The van der Waals surface area contributed by atoms with Crippen molar-refractivity contribution in [2.24, 2.45) is 0 Å². The Morgan fingerprint density at radius 1 is 1.07 bits per heavy atom. The monoisotopic (exact) mass is 414 g/mol. The van der Waals surface area contributed by atoms with Gasteiger partial charge in [0.05, 0.1) is 10.5 Å². The molecule has 150 valence electrons. The summed E-state index contributed by atoms with van der Waals surface area (Å²) in [5.41, 5.74) is -0.774. The summed E-state index contributed by atoms with van der Waals surface area (Å²) >= 11 is 0. The molecule has 2 N–H and O–H groups in total. The highest BCUT2D eigenvalue weighted by atomic mass is 32.2. The first-order valence-electron chi connectivity index (χ1n) is 8.38. The number of carbonyl (C=O) groups excluding carboxylic acids is 1. The summed E-state index contributed by atoms with van der Waals surface area (Å²) in [7, 11) is -4.09. The Kier molecular flexibility index (Phi) is 5.61. The standard InChI is InChI=1S/C18H17F3N2O4S/c19-18(20,21)12-3-1-4-14(11-12)23-28(25,26)15-8-6-13(7-9-15)22-17(24)16-5-2-10-27-16/h1,3-4,6-9,11,16,23H,2,5,10H2,(H,22,24). The fraction of sp³-hybridized carbons (Fsp3) is 0.278. The highest BCUT2D eigenvalue weighted by Crippen LogP contribution is 2.31. The Bertz CT molecular complexity index is 954. The molecule has 3 rings (SSSR count). The van der Waals surface area contributed by atoms with Gasteiger partial charge in [0.2, 0.25) is 0 Å². The quantitative estimate of drug-likeness (QED) is 0.783. The third kappa shape index (κ3) is 4.82. The number of anilines is 2. The van der Waals surface area contributed by atoms with Gasteiger partial charge in [-0.1, -0.05) is 6.07 Å². The smallest absolute Gasteiger partial charge is 0.368 e. The second kappa shape index (κ2) is 7.80. The lowest BCUT2D eigenvalue weighted by atomic mass is 10.2. The molecule has 0 bridgehead atoms. The first-order valence-corrected chi connectivity index (χ1v) is 9.86. The average Bonchev–Trinajstić information content (AvgIpc) is 3.16. The van der Waals surface area contributed by atoms with Gasteiger partial charge in [0.15, 0.2) is 0 Å². The van der Waals surface area contributed by atoms with Gasteiger partial charge in [0, 0.05) is 18.0 Å². The topological polar surface area (TPSA) is 84.5 Å². The summed E-state index contributed by atoms with van der Waals surface area (Å²) in [6.45, 7) is 0.524. The average molecular weight is 414 g/mol. The number of alkyl halides is 3. The lowest BCUT2D eigenvalue weighted by molar-refractivity contribution is -0.137. The predicted octanol–water partition coefficient (Wildman–Crippen LogP) is 3.62. The SMILES string of the molecule is O=C(Nc1ccc(S(=O)(=O)Nc2cccc(C(F)(F)F)c2)cc1)C1CCCO1. The Morgan fingerprint density at radius 3 is 2.39 bits per heavy atom. The Labute approximate surface area is 159 Å². The normalized spacial score (nSPS) is 17.3. The van der Waals surface area contributed by atoms with E-state index < -0.39 is 27.9 Å². The molecular formula is C18H17F3N2O4S. The van der Waals surface area contributed by atoms with Crippen LogP contribution in [0, 0.1) is 0 Å². The lowest BCUT2D eigenvalue weighted by Crippen LogP contribution is -2.26. The van der Waals surface area contributed by atoms with Crippen LogP contribution in [0.2, 0.25) is 0 Å². The van der Waals surface area contributed by atoms with Gasteiger partial charge in [0.1, 0.15) is 6.10 Å². The molecule has 10 heteroatoms. The molecule has 6 nitrogen and oxygen atoms in total. The number of hydrogen-bond acceptors (Lipinski definition) is 4. The maximum atomic E-state index is 12.8. The van der Waals surface area contributed by atoms with E-state index in [1.165, 1.54) is 30.3 Å². The maximum absolute atomic E-state index is 12.8. The maximum Gasteiger partial charge on any atom is 0.416 e. The van der Waals surface area contributed by atoms with E-state index in [1.54, 1.807) is 0 Å². The highest BCUT2D eigenvalue weighted by Gasteiger charge is 2.30. The first-order chi connectivity index (χ1) is 13.1. The summed E-state index contributed by atoms with van der Waals surface area (Å²) < 4.78 is 70.5. The Hall–Kier alpha value is -2.59. The third-order valence-electron chi connectivity index (χ3n) is 4.10. The second-order valence-electron chi connectivity index (χ2n) is 6.20. The molecule has 2 aromatic carbocycles. The van der Waals surface area contributed by atoms with Crippen LogP contribution in [0.5, 0.6) is 0 Å². The molecule has 1 amide bonds. The van der Waals surface area contributed by atoms with Crippen molar-refractivity contribution in [2.45, 2.75) is 30.0 Å². The van der Waals surface area contributed by atoms with E-state index in [4.69, 9.17) is 4.74 Å². The number of ether oxygens (including phenoxy) is 1. The van der Waals surface area contributed by atoms with Gasteiger partial charge >= 0.3 is 6.18 Å². The van der Waals surface area contributed by atoms with Crippen LogP contribution in [-0.4, -0.2) is 27.0 Å². The van der Waals surface area contributed by atoms with Gasteiger partial charge in [-0.25, -0.2) is 8.42 Å². The van der Waals surface area contributed by atoms with E-state index in [2.05, 4.69) is 10.0 Å². The molecule has 0 saturated carbocycles. The minimum Gasteiger partial charge on any atom is -0.368 e. The molecule has 1 aliphatic heterocycles. The van der Waals surface area contributed by atoms with E-state index in [-0.39, 0.29) is 16.5 Å². The zero-order chi connectivity index (χ0) is 20.4. The molecule has 1 heterocycles. The number of nitrogens with one attached hydrogen (secondary N) is 2. The number of sulfonamides is 1. The molecule has 1 atom stereocenters. The van der Waals surface area contributed by atoms with Crippen LogP contribution in [0.1, 0.15) is 18.4 Å². The van der Waals surface area contributed by atoms with Crippen molar-refractivity contribution in [1.82, 2.24) is 0 Å². The van der Waals surface area contributed by atoms with Gasteiger partial charge in [0.25, 0.3) is 15.9 Å². The summed E-state index contributed by atoms with van der Waals surface area (Å²) in [6, 6.07) is 9.20. The molecule has 1 saturated heterocycles. The van der Waals surface area contributed by atoms with Crippen molar-refractivity contribution in [3.63, 3.8) is 0 Å². The van der Waals surface area contributed by atoms with Crippen molar-refractivity contribution < 1.29 is 31.1 Å². The minimum atomic E-state index is -4.58. The Balaban J connectivity index is 1.71. The molecule has 0 aliphatic carbocycles. The van der Waals surface area contributed by atoms with E-state index in [9.17, 15) is 26.4 Å². The molecule has 0 aromatic heterocycles. The summed E-state index contributed by atoms with van der Waals surface area (Å²) in [5.74, 6) is -0.310. The third-order valence-corrected chi connectivity index (χ3v) is 5.49. The van der Waals surface area contributed by atoms with Gasteiger partial charge in [-0.2, -0.15) is 13.2 Å². The van der Waals surface area contributed by atoms with Crippen molar-refractivity contribution in [1.29, 1.82) is 0 Å². The summed E-state index contributed by atoms with van der Waals surface area (Å²) in [6.07, 6.45) is -3.67. The van der Waals surface area contributed by atoms with Crippen molar-refractivity contribution in [3.05, 3.63) is 54.1 Å². The summed E-state index contributed by atoms with van der Waals surface area (Å²) in [4.78, 5) is 11.8. The molecule has 1 aliphatic rings. The minimum absolute atomic E-state index is 0.153. The van der Waals surface area contributed by atoms with Crippen LogP contribution in [0.3, 0.4) is 0 Å². The summed E-state index contributed by atoms with van der Waals surface area (Å²) in [5, 5.41) is 2.63. The van der Waals surface area contributed by atoms with Crippen LogP contribution < -0.4 is 10.0 Å². The van der Waals surface area contributed by atoms with Crippen LogP contribution >= 0.6 is 0 Å². The fourth-order valence-electron chi connectivity index (χ4n) is 2.70. The van der Waals surface area contributed by atoms with E-state index >= 15 is 0 Å². The lowest BCUT2D eigenvalue weighted by Gasteiger charge is -2.12. The molecule has 0 radical (unpaired) electrons. The molecule has 2 aromatic rings. The molecular weight excluding hydrogens is 397 g/mol. The largest absolute Gasteiger partial charge is 0.416 e. The van der Waals surface area contributed by atoms with Gasteiger partial charge < -0.3 is 10.1 Å². The molecule has 1 fully saturated rings. The fourth-order valence-corrected chi connectivity index (χ4v) is 3.75. The zero-order valence-corrected chi connectivity index (χ0v) is 15.3. The van der Waals surface area contributed by atoms with Crippen molar-refractivity contribution in [3.8, 4) is 0 Å². The van der Waals surface area contributed by atoms with Crippen LogP contribution in [0.4, 0.5) is 24.5 Å². The van der Waals surface area contributed by atoms with E-state index in [0.29, 0.717) is 24.8 Å².